The number of hydrogen-bond donors (Lipinski definition) is 3. The summed E-state index contributed by atoms with van der Waals surface area (Å²) in [6.07, 6.45) is 8.91. The molecule has 0 spiro atoms. The summed E-state index contributed by atoms with van der Waals surface area (Å²) < 4.78 is 0. The Balaban J connectivity index is 1.31. The molecule has 9 heteroatoms. The molecule has 9 nitrogen and oxygen atoms in total. The Morgan fingerprint density at radius 1 is 1.17 bits per heavy atom. The fourth-order valence-electron chi connectivity index (χ4n) is 5.75. The Bertz CT molecular complexity index is 1310. The molecule has 4 heterocycles. The number of rotatable bonds is 4. The smallest absolute Gasteiger partial charge is 0.229 e. The van der Waals surface area contributed by atoms with Crippen LogP contribution in [0.5, 0.6) is 0 Å². The summed E-state index contributed by atoms with van der Waals surface area (Å²) in [5, 5.41) is 32.8. The Kier molecular flexibility index (Phi) is 5.63. The van der Waals surface area contributed by atoms with Crippen molar-refractivity contribution in [3.8, 4) is 6.07 Å². The first-order valence-corrected chi connectivity index (χ1v) is 12.5. The summed E-state index contributed by atoms with van der Waals surface area (Å²) in [6.45, 7) is 2.19. The van der Waals surface area contributed by atoms with Gasteiger partial charge in [0.15, 0.2) is 6.23 Å². The van der Waals surface area contributed by atoms with Crippen LogP contribution in [0.2, 0.25) is 0 Å². The van der Waals surface area contributed by atoms with E-state index < -0.39 is 6.23 Å². The first kappa shape index (κ1) is 22.0. The number of piperidine rings is 1. The fourth-order valence-corrected chi connectivity index (χ4v) is 5.75. The van der Waals surface area contributed by atoms with Crippen LogP contribution in [-0.4, -0.2) is 62.6 Å². The quantitative estimate of drug-likeness (QED) is 0.526. The summed E-state index contributed by atoms with van der Waals surface area (Å²) in [7, 11) is 2.17. The van der Waals surface area contributed by atoms with E-state index in [1.807, 2.05) is 17.0 Å². The molecule has 35 heavy (non-hydrogen) atoms. The Morgan fingerprint density at radius 3 is 2.74 bits per heavy atom. The third-order valence-electron chi connectivity index (χ3n) is 7.71. The lowest BCUT2D eigenvalue weighted by Crippen LogP contribution is -2.45. The van der Waals surface area contributed by atoms with E-state index in [0.29, 0.717) is 23.3 Å². The number of aliphatic hydroxyl groups is 1. The van der Waals surface area contributed by atoms with Crippen molar-refractivity contribution >= 4 is 34.4 Å². The van der Waals surface area contributed by atoms with E-state index in [-0.39, 0.29) is 6.04 Å². The molecule has 1 saturated carbocycles. The van der Waals surface area contributed by atoms with Gasteiger partial charge in [0.1, 0.15) is 5.82 Å². The number of benzene rings is 1. The molecule has 2 fully saturated rings. The van der Waals surface area contributed by atoms with E-state index in [1.165, 1.54) is 5.69 Å². The van der Waals surface area contributed by atoms with Crippen LogP contribution in [0.3, 0.4) is 0 Å². The zero-order chi connectivity index (χ0) is 23.9. The number of aromatic nitrogens is 4. The SMILES string of the molecule is CN1CCC(c2[nH]nc3ccc(Nc4ncc5c(n4)N(C4CCCC4)C(O)C(C#N)=C5)cc23)CC1. The minimum Gasteiger partial charge on any atom is -0.369 e. The molecule has 1 aliphatic carbocycles. The molecule has 0 amide bonds. The predicted molar refractivity (Wildman–Crippen MR) is 135 cm³/mol. The number of aromatic amines is 1. The van der Waals surface area contributed by atoms with Crippen molar-refractivity contribution in [1.82, 2.24) is 25.1 Å². The first-order chi connectivity index (χ1) is 17.1. The lowest BCUT2D eigenvalue weighted by atomic mass is 9.92. The summed E-state index contributed by atoms with van der Waals surface area (Å²) in [4.78, 5) is 13.6. The number of hydrogen-bond acceptors (Lipinski definition) is 8. The van der Waals surface area contributed by atoms with Crippen molar-refractivity contribution in [3.63, 3.8) is 0 Å². The molecule has 3 aliphatic rings. The largest absolute Gasteiger partial charge is 0.369 e. The van der Waals surface area contributed by atoms with Crippen molar-refractivity contribution in [2.45, 2.75) is 56.7 Å². The fraction of sp³-hybridized carbons (Fsp3) is 0.462. The van der Waals surface area contributed by atoms with E-state index in [9.17, 15) is 10.4 Å². The van der Waals surface area contributed by atoms with Gasteiger partial charge in [-0.25, -0.2) is 4.98 Å². The number of aliphatic hydroxyl groups excluding tert-OH is 1. The molecule has 1 aromatic carbocycles. The van der Waals surface area contributed by atoms with Crippen LogP contribution in [0.1, 0.15) is 55.7 Å². The van der Waals surface area contributed by atoms with Gasteiger partial charge in [0, 0.05) is 40.5 Å². The molecule has 1 saturated heterocycles. The summed E-state index contributed by atoms with van der Waals surface area (Å²) in [5.74, 6) is 1.63. The average Bonchev–Trinajstić information content (AvgIpc) is 3.54. The van der Waals surface area contributed by atoms with Gasteiger partial charge in [-0.1, -0.05) is 12.8 Å². The minimum atomic E-state index is -0.974. The number of likely N-dealkylation sites (tertiary alicyclic amines) is 1. The maximum atomic E-state index is 10.9. The molecule has 2 aromatic heterocycles. The molecule has 6 rings (SSSR count). The van der Waals surface area contributed by atoms with E-state index >= 15 is 0 Å². The molecular weight excluding hydrogens is 440 g/mol. The molecular formula is C26H30N8O. The highest BCUT2D eigenvalue weighted by molar-refractivity contribution is 5.86. The standard InChI is InChI=1S/C26H30N8O/c1-33-10-8-16(9-11-33)23-21-13-19(6-7-22(21)31-32-23)29-26-28-15-18-12-17(14-27)25(35)34(24(18)30-26)20-4-2-3-5-20/h6-7,12-13,15-16,20,25,35H,2-5,8-11H2,1H3,(H,31,32)(H,28,29,30). The molecule has 0 bridgehead atoms. The predicted octanol–water partition coefficient (Wildman–Crippen LogP) is 3.89. The second-order valence-corrected chi connectivity index (χ2v) is 9.98. The van der Waals surface area contributed by atoms with Crippen LogP contribution < -0.4 is 10.2 Å². The number of nitrogens with zero attached hydrogens (tertiary/aromatic N) is 6. The molecule has 0 radical (unpaired) electrons. The van der Waals surface area contributed by atoms with Crippen LogP contribution in [-0.2, 0) is 0 Å². The Labute approximate surface area is 204 Å². The van der Waals surface area contributed by atoms with Crippen molar-refractivity contribution in [3.05, 3.63) is 41.2 Å². The zero-order valence-electron chi connectivity index (χ0n) is 19.9. The van der Waals surface area contributed by atoms with Gasteiger partial charge in [-0.3, -0.25) is 5.10 Å². The maximum Gasteiger partial charge on any atom is 0.229 e. The van der Waals surface area contributed by atoms with E-state index in [2.05, 4.69) is 44.6 Å². The van der Waals surface area contributed by atoms with Gasteiger partial charge in [-0.2, -0.15) is 15.3 Å². The van der Waals surface area contributed by atoms with Gasteiger partial charge in [-0.15, -0.1) is 0 Å². The lowest BCUT2D eigenvalue weighted by molar-refractivity contribution is 0.194. The summed E-state index contributed by atoms with van der Waals surface area (Å²) >= 11 is 0. The number of fused-ring (bicyclic) bond motifs is 2. The second kappa shape index (κ2) is 8.95. The van der Waals surface area contributed by atoms with E-state index in [0.717, 1.165) is 73.8 Å². The number of nitriles is 1. The summed E-state index contributed by atoms with van der Waals surface area (Å²) in [6, 6.07) is 8.43. The number of nitrogens with one attached hydrogen (secondary N) is 2. The third-order valence-corrected chi connectivity index (χ3v) is 7.71. The first-order valence-electron chi connectivity index (χ1n) is 12.5. The van der Waals surface area contributed by atoms with Gasteiger partial charge < -0.3 is 20.2 Å². The van der Waals surface area contributed by atoms with Gasteiger partial charge in [0.2, 0.25) is 5.95 Å². The minimum absolute atomic E-state index is 0.169. The van der Waals surface area contributed by atoms with Crippen LogP contribution in [0.15, 0.2) is 30.0 Å². The van der Waals surface area contributed by atoms with Crippen LogP contribution in [0, 0.1) is 11.3 Å². The summed E-state index contributed by atoms with van der Waals surface area (Å²) in [5.41, 5.74) is 4.15. The van der Waals surface area contributed by atoms with Crippen molar-refractivity contribution in [1.29, 1.82) is 5.26 Å². The highest BCUT2D eigenvalue weighted by Crippen LogP contribution is 2.37. The average molecular weight is 471 g/mol. The Hall–Kier alpha value is -3.48. The highest BCUT2D eigenvalue weighted by Gasteiger charge is 2.35. The Morgan fingerprint density at radius 2 is 1.97 bits per heavy atom. The van der Waals surface area contributed by atoms with Crippen LogP contribution in [0.4, 0.5) is 17.5 Å². The van der Waals surface area contributed by atoms with E-state index in [4.69, 9.17) is 4.98 Å². The van der Waals surface area contributed by atoms with Gasteiger partial charge in [0.25, 0.3) is 0 Å². The van der Waals surface area contributed by atoms with E-state index in [1.54, 1.807) is 12.3 Å². The zero-order valence-corrected chi connectivity index (χ0v) is 19.9. The number of anilines is 3. The lowest BCUT2D eigenvalue weighted by Gasteiger charge is -2.37. The van der Waals surface area contributed by atoms with Gasteiger partial charge in [-0.05, 0) is 70.1 Å². The van der Waals surface area contributed by atoms with Crippen LogP contribution >= 0.6 is 0 Å². The highest BCUT2D eigenvalue weighted by atomic mass is 16.3. The van der Waals surface area contributed by atoms with Crippen molar-refractivity contribution < 1.29 is 5.11 Å². The normalized spacial score (nSPS) is 21.7. The molecule has 3 aromatic rings. The topological polar surface area (TPSA) is 117 Å². The van der Waals surface area contributed by atoms with Crippen LogP contribution in [0.25, 0.3) is 17.0 Å². The second-order valence-electron chi connectivity index (χ2n) is 9.98. The molecule has 1 atom stereocenters. The molecule has 180 valence electrons. The number of H-pyrrole nitrogens is 1. The van der Waals surface area contributed by atoms with Gasteiger partial charge in [0.05, 0.1) is 17.2 Å². The van der Waals surface area contributed by atoms with Crippen molar-refractivity contribution in [2.24, 2.45) is 0 Å². The maximum absolute atomic E-state index is 10.9. The monoisotopic (exact) mass is 470 g/mol. The third kappa shape index (κ3) is 4.03. The molecule has 2 aliphatic heterocycles. The molecule has 3 N–H and O–H groups in total. The molecule has 1 unspecified atom stereocenters. The van der Waals surface area contributed by atoms with Crippen molar-refractivity contribution in [2.75, 3.05) is 30.4 Å². The van der Waals surface area contributed by atoms with Gasteiger partial charge >= 0.3 is 0 Å².